The summed E-state index contributed by atoms with van der Waals surface area (Å²) in [6.07, 6.45) is 3.76. The van der Waals surface area contributed by atoms with Crippen LogP contribution in [-0.2, 0) is 6.54 Å². The van der Waals surface area contributed by atoms with Gasteiger partial charge in [-0.15, -0.1) is 0 Å². The van der Waals surface area contributed by atoms with Gasteiger partial charge in [0.05, 0.1) is 12.2 Å². The summed E-state index contributed by atoms with van der Waals surface area (Å²) >= 11 is 4.02. The quantitative estimate of drug-likeness (QED) is 0.579. The van der Waals surface area contributed by atoms with E-state index >= 15 is 0 Å². The van der Waals surface area contributed by atoms with E-state index in [-0.39, 0.29) is 5.56 Å². The number of thiol groups is 1. The minimum Gasteiger partial charge on any atom is -0.268 e. The monoisotopic (exact) mass is 196 g/mol. The van der Waals surface area contributed by atoms with E-state index in [1.165, 1.54) is 10.7 Å². The molecule has 0 bridgehead atoms. The van der Waals surface area contributed by atoms with Crippen molar-refractivity contribution in [3.63, 3.8) is 0 Å². The molecule has 4 heteroatoms. The first-order valence-corrected chi connectivity index (χ1v) is 4.68. The Balaban J connectivity index is 2.82. The Hall–Kier alpha value is -1.03. The minimum atomic E-state index is -0.0746. The van der Waals surface area contributed by atoms with E-state index in [4.69, 9.17) is 0 Å². The van der Waals surface area contributed by atoms with Crippen LogP contribution >= 0.6 is 12.6 Å². The zero-order valence-corrected chi connectivity index (χ0v) is 8.37. The van der Waals surface area contributed by atoms with Gasteiger partial charge in [0.2, 0.25) is 0 Å². The van der Waals surface area contributed by atoms with Crippen molar-refractivity contribution in [2.24, 2.45) is 0 Å². The van der Waals surface area contributed by atoms with Gasteiger partial charge in [-0.3, -0.25) is 4.79 Å². The molecule has 13 heavy (non-hydrogen) atoms. The van der Waals surface area contributed by atoms with Crippen molar-refractivity contribution in [2.45, 2.75) is 13.5 Å². The fourth-order valence-electron chi connectivity index (χ4n) is 0.931. The summed E-state index contributed by atoms with van der Waals surface area (Å²) in [5.41, 5.74) is 0.772. The third kappa shape index (κ3) is 3.06. The van der Waals surface area contributed by atoms with Crippen LogP contribution in [0.2, 0.25) is 0 Å². The molecule has 0 aliphatic carbocycles. The zero-order valence-electron chi connectivity index (χ0n) is 7.47. The number of hydrogen-bond acceptors (Lipinski definition) is 3. The maximum Gasteiger partial charge on any atom is 0.267 e. The van der Waals surface area contributed by atoms with Crippen molar-refractivity contribution in [1.82, 2.24) is 9.78 Å². The van der Waals surface area contributed by atoms with Gasteiger partial charge in [0, 0.05) is 11.8 Å². The minimum absolute atomic E-state index is 0.0746. The predicted octanol–water partition coefficient (Wildman–Crippen LogP) is 1.04. The molecule has 0 amide bonds. The Labute approximate surface area is 82.5 Å². The van der Waals surface area contributed by atoms with Crippen molar-refractivity contribution in [3.05, 3.63) is 40.3 Å². The highest BCUT2D eigenvalue weighted by Crippen LogP contribution is 1.87. The van der Waals surface area contributed by atoms with Crippen LogP contribution in [0.3, 0.4) is 0 Å². The van der Waals surface area contributed by atoms with E-state index in [0.29, 0.717) is 12.3 Å². The smallest absolute Gasteiger partial charge is 0.267 e. The molecule has 0 unspecified atom stereocenters. The first kappa shape index (κ1) is 10.1. The van der Waals surface area contributed by atoms with Crippen LogP contribution < -0.4 is 5.56 Å². The van der Waals surface area contributed by atoms with Crippen molar-refractivity contribution in [1.29, 1.82) is 0 Å². The van der Waals surface area contributed by atoms with E-state index in [1.54, 1.807) is 6.07 Å². The normalized spacial score (nSPS) is 10.9. The summed E-state index contributed by atoms with van der Waals surface area (Å²) in [6.45, 7) is 2.37. The molecule has 3 nitrogen and oxygen atoms in total. The van der Waals surface area contributed by atoms with Gasteiger partial charge in [-0.25, -0.2) is 4.68 Å². The van der Waals surface area contributed by atoms with E-state index in [1.807, 2.05) is 19.1 Å². The topological polar surface area (TPSA) is 34.9 Å². The van der Waals surface area contributed by atoms with E-state index in [2.05, 4.69) is 17.7 Å². The lowest BCUT2D eigenvalue weighted by atomic mass is 10.4. The second-order valence-corrected chi connectivity index (χ2v) is 3.01. The number of aromatic nitrogens is 2. The van der Waals surface area contributed by atoms with Gasteiger partial charge in [0.1, 0.15) is 0 Å². The Kier molecular flexibility index (Phi) is 3.76. The molecule has 70 valence electrons. The van der Waals surface area contributed by atoms with Crippen molar-refractivity contribution >= 4 is 12.6 Å². The molecule has 0 aliphatic rings. The van der Waals surface area contributed by atoms with Crippen LogP contribution in [0.5, 0.6) is 0 Å². The molecule has 0 saturated carbocycles. The van der Waals surface area contributed by atoms with Crippen LogP contribution in [-0.4, -0.2) is 15.5 Å². The van der Waals surface area contributed by atoms with E-state index in [9.17, 15) is 4.79 Å². The van der Waals surface area contributed by atoms with Crippen LogP contribution in [0.25, 0.3) is 0 Å². The highest BCUT2D eigenvalue weighted by molar-refractivity contribution is 7.80. The van der Waals surface area contributed by atoms with E-state index < -0.39 is 0 Å². The first-order valence-electron chi connectivity index (χ1n) is 4.04. The molecule has 0 radical (unpaired) electrons. The molecule has 0 fully saturated rings. The van der Waals surface area contributed by atoms with Gasteiger partial charge in [0.25, 0.3) is 5.56 Å². The lowest BCUT2D eigenvalue weighted by Gasteiger charge is -2.00. The Bertz CT molecular complexity index is 357. The number of nitrogens with zero attached hydrogens (tertiary/aromatic N) is 2. The van der Waals surface area contributed by atoms with Gasteiger partial charge in [0.15, 0.2) is 0 Å². The molecule has 0 saturated heterocycles. The fraction of sp³-hybridized carbons (Fsp3) is 0.333. The third-order valence-electron chi connectivity index (χ3n) is 1.55. The summed E-state index contributed by atoms with van der Waals surface area (Å²) < 4.78 is 1.43. The average molecular weight is 196 g/mol. The van der Waals surface area contributed by atoms with Gasteiger partial charge in [-0.1, -0.05) is 12.2 Å². The summed E-state index contributed by atoms with van der Waals surface area (Å²) in [7, 11) is 0. The first-order chi connectivity index (χ1) is 6.24. The Morgan fingerprint density at radius 3 is 3.00 bits per heavy atom. The molecular weight excluding hydrogens is 184 g/mol. The largest absolute Gasteiger partial charge is 0.268 e. The summed E-state index contributed by atoms with van der Waals surface area (Å²) in [4.78, 5) is 11.2. The lowest BCUT2D eigenvalue weighted by molar-refractivity contribution is 0.639. The van der Waals surface area contributed by atoms with Crippen molar-refractivity contribution in [2.75, 3.05) is 5.75 Å². The Morgan fingerprint density at radius 1 is 1.54 bits per heavy atom. The lowest BCUT2D eigenvalue weighted by Crippen LogP contribution is -2.21. The molecular formula is C9H12N2OS. The summed E-state index contributed by atoms with van der Waals surface area (Å²) in [5, 5.41) is 4.07. The number of allylic oxidation sites excluding steroid dienone is 1. The van der Waals surface area contributed by atoms with Crippen LogP contribution in [0.15, 0.2) is 29.1 Å². The molecule has 0 atom stereocenters. The highest BCUT2D eigenvalue weighted by atomic mass is 32.1. The highest BCUT2D eigenvalue weighted by Gasteiger charge is 1.93. The van der Waals surface area contributed by atoms with Gasteiger partial charge in [-0.2, -0.15) is 17.7 Å². The third-order valence-corrected chi connectivity index (χ3v) is 1.76. The van der Waals surface area contributed by atoms with E-state index in [0.717, 1.165) is 5.69 Å². The molecule has 1 heterocycles. The van der Waals surface area contributed by atoms with Gasteiger partial charge >= 0.3 is 0 Å². The fourth-order valence-corrected chi connectivity index (χ4v) is 1.08. The van der Waals surface area contributed by atoms with Gasteiger partial charge in [-0.05, 0) is 13.0 Å². The summed E-state index contributed by atoms with van der Waals surface area (Å²) in [5.74, 6) is 0.681. The average Bonchev–Trinajstić information content (AvgIpc) is 2.11. The van der Waals surface area contributed by atoms with Crippen molar-refractivity contribution in [3.8, 4) is 0 Å². The van der Waals surface area contributed by atoms with Crippen LogP contribution in [0.4, 0.5) is 0 Å². The van der Waals surface area contributed by atoms with Crippen LogP contribution in [0, 0.1) is 6.92 Å². The van der Waals surface area contributed by atoms with Crippen molar-refractivity contribution < 1.29 is 0 Å². The number of aryl methyl sites for hydroxylation is 1. The number of hydrogen-bond donors (Lipinski definition) is 1. The summed E-state index contributed by atoms with van der Waals surface area (Å²) in [6, 6.07) is 3.23. The van der Waals surface area contributed by atoms with Gasteiger partial charge < -0.3 is 0 Å². The second-order valence-electron chi connectivity index (χ2n) is 2.65. The molecule has 0 N–H and O–H groups in total. The standard InChI is InChI=1S/C9H12N2OS/c1-8-4-5-9(12)11(10-8)6-2-3-7-13/h2-5,13H,6-7H2,1H3. The maximum atomic E-state index is 11.2. The molecule has 0 spiro atoms. The number of rotatable bonds is 3. The second kappa shape index (κ2) is 4.87. The van der Waals surface area contributed by atoms with Crippen LogP contribution in [0.1, 0.15) is 5.69 Å². The maximum absolute atomic E-state index is 11.2. The molecule has 1 aromatic heterocycles. The zero-order chi connectivity index (χ0) is 9.68. The molecule has 0 aliphatic heterocycles. The Morgan fingerprint density at radius 2 is 2.31 bits per heavy atom. The molecule has 1 aromatic rings. The predicted molar refractivity (Wildman–Crippen MR) is 56.2 cm³/mol. The SMILES string of the molecule is Cc1ccc(=O)n(CC=CCS)n1. The molecule has 0 aromatic carbocycles. The molecule has 1 rings (SSSR count).